The fourth-order valence-electron chi connectivity index (χ4n) is 1.75. The molecule has 5 heteroatoms. The van der Waals surface area contributed by atoms with Crippen LogP contribution in [0.3, 0.4) is 0 Å². The number of halogens is 2. The van der Waals surface area contributed by atoms with Crippen molar-refractivity contribution < 1.29 is 13.9 Å². The van der Waals surface area contributed by atoms with Crippen LogP contribution in [0, 0.1) is 5.82 Å². The molecule has 1 rings (SSSR count). The molecule has 19 heavy (non-hydrogen) atoms. The van der Waals surface area contributed by atoms with E-state index in [-0.39, 0.29) is 17.8 Å². The number of ether oxygens (including phenoxy) is 1. The Balaban J connectivity index is 2.35. The Labute approximate surface area is 121 Å². The predicted molar refractivity (Wildman–Crippen MR) is 76.4 cm³/mol. The summed E-state index contributed by atoms with van der Waals surface area (Å²) in [5.41, 5.74) is 0.624. The normalized spacial score (nSPS) is 12.2. The van der Waals surface area contributed by atoms with E-state index in [0.717, 1.165) is 4.47 Å². The van der Waals surface area contributed by atoms with Gasteiger partial charge in [-0.15, -0.1) is 0 Å². The number of hydrogen-bond donors (Lipinski definition) is 1. The summed E-state index contributed by atoms with van der Waals surface area (Å²) in [4.78, 5) is 11.1. The Hall–Kier alpha value is -0.940. The van der Waals surface area contributed by atoms with Gasteiger partial charge < -0.3 is 10.1 Å². The first kappa shape index (κ1) is 16.1. The van der Waals surface area contributed by atoms with Crippen molar-refractivity contribution in [3.05, 3.63) is 34.1 Å². The van der Waals surface area contributed by atoms with Gasteiger partial charge in [0.15, 0.2) is 0 Å². The first-order valence-corrected chi connectivity index (χ1v) is 7.17. The molecule has 1 N–H and O–H groups in total. The second-order valence-electron chi connectivity index (χ2n) is 4.25. The summed E-state index contributed by atoms with van der Waals surface area (Å²) in [5.74, 6) is -0.424. The molecule has 0 aliphatic heterocycles. The quantitative estimate of drug-likeness (QED) is 0.613. The topological polar surface area (TPSA) is 38.3 Å². The monoisotopic (exact) mass is 331 g/mol. The van der Waals surface area contributed by atoms with Crippen molar-refractivity contribution in [2.75, 3.05) is 13.2 Å². The van der Waals surface area contributed by atoms with Crippen LogP contribution in [0.5, 0.6) is 0 Å². The molecular weight excluding hydrogens is 313 g/mol. The molecule has 0 aromatic heterocycles. The molecule has 0 fully saturated rings. The molecule has 1 atom stereocenters. The maximum Gasteiger partial charge on any atom is 0.305 e. The van der Waals surface area contributed by atoms with E-state index in [1.54, 1.807) is 13.0 Å². The molecule has 3 nitrogen and oxygen atoms in total. The molecule has 0 saturated heterocycles. The number of benzene rings is 1. The fourth-order valence-corrected chi connectivity index (χ4v) is 2.08. The molecule has 0 bridgehead atoms. The lowest BCUT2D eigenvalue weighted by atomic mass is 10.1. The zero-order chi connectivity index (χ0) is 14.3. The smallest absolute Gasteiger partial charge is 0.305 e. The maximum atomic E-state index is 13.7. The Bertz CT molecular complexity index is 426. The van der Waals surface area contributed by atoms with Crippen LogP contribution in [-0.2, 0) is 9.53 Å². The highest BCUT2D eigenvalue weighted by Crippen LogP contribution is 2.20. The third-order valence-electron chi connectivity index (χ3n) is 2.74. The molecule has 1 unspecified atom stereocenters. The minimum Gasteiger partial charge on any atom is -0.466 e. The van der Waals surface area contributed by atoms with Gasteiger partial charge in [-0.05, 0) is 38.9 Å². The Morgan fingerprint density at radius 1 is 1.53 bits per heavy atom. The lowest BCUT2D eigenvalue weighted by Gasteiger charge is -2.15. The van der Waals surface area contributed by atoms with Gasteiger partial charge in [0.2, 0.25) is 0 Å². The molecule has 0 heterocycles. The van der Waals surface area contributed by atoms with E-state index < -0.39 is 0 Å². The Morgan fingerprint density at radius 3 is 2.89 bits per heavy atom. The maximum absolute atomic E-state index is 13.7. The van der Waals surface area contributed by atoms with Crippen molar-refractivity contribution in [2.24, 2.45) is 0 Å². The summed E-state index contributed by atoms with van der Waals surface area (Å²) in [6, 6.07) is 4.93. The number of carbonyl (C=O) groups excluding carboxylic acids is 1. The molecular formula is C14H19BrFNO2. The number of esters is 1. The molecule has 1 aromatic carbocycles. The molecule has 106 valence electrons. The van der Waals surface area contributed by atoms with Crippen LogP contribution in [0.1, 0.15) is 38.3 Å². The van der Waals surface area contributed by atoms with Gasteiger partial charge in [0.1, 0.15) is 5.82 Å². The summed E-state index contributed by atoms with van der Waals surface area (Å²) in [5, 5.41) is 3.19. The Kier molecular flexibility index (Phi) is 7.02. The summed E-state index contributed by atoms with van der Waals surface area (Å²) in [6.07, 6.45) is 1.07. The summed E-state index contributed by atoms with van der Waals surface area (Å²) in [6.45, 7) is 4.74. The van der Waals surface area contributed by atoms with E-state index in [1.165, 1.54) is 6.07 Å². The average Bonchev–Trinajstić information content (AvgIpc) is 2.34. The van der Waals surface area contributed by atoms with Crippen molar-refractivity contribution in [1.82, 2.24) is 5.32 Å². The SMILES string of the molecule is CCOC(=O)CCCNC(C)c1ccc(Br)cc1F. The van der Waals surface area contributed by atoms with E-state index in [2.05, 4.69) is 21.2 Å². The van der Waals surface area contributed by atoms with E-state index in [0.29, 0.717) is 31.6 Å². The zero-order valence-electron chi connectivity index (χ0n) is 11.2. The van der Waals surface area contributed by atoms with Gasteiger partial charge in [0, 0.05) is 22.5 Å². The molecule has 0 radical (unpaired) electrons. The highest BCUT2D eigenvalue weighted by Gasteiger charge is 2.10. The van der Waals surface area contributed by atoms with Crippen LogP contribution in [0.4, 0.5) is 4.39 Å². The molecule has 0 saturated carbocycles. The number of nitrogens with one attached hydrogen (secondary N) is 1. The van der Waals surface area contributed by atoms with Crippen LogP contribution >= 0.6 is 15.9 Å². The van der Waals surface area contributed by atoms with Crippen LogP contribution in [0.15, 0.2) is 22.7 Å². The van der Waals surface area contributed by atoms with Crippen molar-refractivity contribution in [1.29, 1.82) is 0 Å². The highest BCUT2D eigenvalue weighted by atomic mass is 79.9. The minimum atomic E-state index is -0.236. The number of hydrogen-bond acceptors (Lipinski definition) is 3. The van der Waals surface area contributed by atoms with Crippen molar-refractivity contribution in [3.63, 3.8) is 0 Å². The molecule has 1 aromatic rings. The predicted octanol–water partition coefficient (Wildman–Crippen LogP) is 3.58. The zero-order valence-corrected chi connectivity index (χ0v) is 12.8. The van der Waals surface area contributed by atoms with Crippen LogP contribution in [0.25, 0.3) is 0 Å². The second-order valence-corrected chi connectivity index (χ2v) is 5.17. The minimum absolute atomic E-state index is 0.0877. The van der Waals surface area contributed by atoms with Gasteiger partial charge in [-0.1, -0.05) is 22.0 Å². The van der Waals surface area contributed by atoms with Gasteiger partial charge in [0.05, 0.1) is 6.61 Å². The van der Waals surface area contributed by atoms with E-state index in [1.807, 2.05) is 13.0 Å². The van der Waals surface area contributed by atoms with E-state index in [9.17, 15) is 9.18 Å². The molecule has 0 spiro atoms. The average molecular weight is 332 g/mol. The summed E-state index contributed by atoms with van der Waals surface area (Å²) in [7, 11) is 0. The van der Waals surface area contributed by atoms with Crippen LogP contribution in [0.2, 0.25) is 0 Å². The fraction of sp³-hybridized carbons (Fsp3) is 0.500. The Morgan fingerprint density at radius 2 is 2.26 bits per heavy atom. The van der Waals surface area contributed by atoms with Gasteiger partial charge in [-0.2, -0.15) is 0 Å². The number of rotatable bonds is 7. The first-order valence-electron chi connectivity index (χ1n) is 6.38. The third-order valence-corrected chi connectivity index (χ3v) is 3.24. The van der Waals surface area contributed by atoms with E-state index in [4.69, 9.17) is 4.74 Å². The van der Waals surface area contributed by atoms with Gasteiger partial charge >= 0.3 is 5.97 Å². The summed E-state index contributed by atoms with van der Waals surface area (Å²) < 4.78 is 19.3. The van der Waals surface area contributed by atoms with Crippen LogP contribution < -0.4 is 5.32 Å². The van der Waals surface area contributed by atoms with Gasteiger partial charge in [-0.25, -0.2) is 4.39 Å². The van der Waals surface area contributed by atoms with Crippen LogP contribution in [-0.4, -0.2) is 19.1 Å². The lowest BCUT2D eigenvalue weighted by Crippen LogP contribution is -2.21. The van der Waals surface area contributed by atoms with Crippen molar-refractivity contribution in [2.45, 2.75) is 32.7 Å². The second kappa shape index (κ2) is 8.27. The van der Waals surface area contributed by atoms with Crippen molar-refractivity contribution in [3.8, 4) is 0 Å². The molecule has 0 aliphatic rings. The standard InChI is InChI=1S/C14H19BrFNO2/c1-3-19-14(18)5-4-8-17-10(2)12-7-6-11(15)9-13(12)16/h6-7,9-10,17H,3-5,8H2,1-2H3. The largest absolute Gasteiger partial charge is 0.466 e. The van der Waals surface area contributed by atoms with Crippen molar-refractivity contribution >= 4 is 21.9 Å². The van der Waals surface area contributed by atoms with Gasteiger partial charge in [-0.3, -0.25) is 4.79 Å². The van der Waals surface area contributed by atoms with Gasteiger partial charge in [0.25, 0.3) is 0 Å². The summed E-state index contributed by atoms with van der Waals surface area (Å²) >= 11 is 3.23. The molecule has 0 amide bonds. The highest BCUT2D eigenvalue weighted by molar-refractivity contribution is 9.10. The lowest BCUT2D eigenvalue weighted by molar-refractivity contribution is -0.143. The van der Waals surface area contributed by atoms with E-state index >= 15 is 0 Å². The molecule has 0 aliphatic carbocycles. The first-order chi connectivity index (χ1) is 9.04. The third kappa shape index (κ3) is 5.70. The number of carbonyl (C=O) groups is 1.